The van der Waals surface area contributed by atoms with E-state index in [9.17, 15) is 8.42 Å². The molecule has 1 saturated heterocycles. The monoisotopic (exact) mass is 389 g/mol. The van der Waals surface area contributed by atoms with Crippen molar-refractivity contribution >= 4 is 27.1 Å². The Balaban J connectivity index is 1.82. The number of aromatic nitrogens is 2. The quantitative estimate of drug-likeness (QED) is 0.567. The summed E-state index contributed by atoms with van der Waals surface area (Å²) < 4.78 is 28.8. The van der Waals surface area contributed by atoms with E-state index in [0.717, 1.165) is 0 Å². The van der Waals surface area contributed by atoms with Crippen LogP contribution < -0.4 is 15.4 Å². The third-order valence-electron chi connectivity index (χ3n) is 4.35. The van der Waals surface area contributed by atoms with Gasteiger partial charge >= 0.3 is 0 Å². The first-order valence-electron chi connectivity index (χ1n) is 8.56. The Hall–Kier alpha value is -2.68. The average molecular weight is 389 g/mol. The lowest BCUT2D eigenvalue weighted by molar-refractivity contribution is 0.242. The molecule has 0 atom stereocenters. The van der Waals surface area contributed by atoms with E-state index in [1.54, 1.807) is 24.3 Å². The number of sulfone groups is 1. The third kappa shape index (κ3) is 4.19. The van der Waals surface area contributed by atoms with E-state index in [1.165, 1.54) is 12.6 Å². The summed E-state index contributed by atoms with van der Waals surface area (Å²) in [5, 5.41) is 8.12. The van der Waals surface area contributed by atoms with Crippen molar-refractivity contribution in [3.8, 4) is 5.75 Å². The van der Waals surface area contributed by atoms with Crippen molar-refractivity contribution in [3.63, 3.8) is 0 Å². The number of nitrogen functional groups attached to an aromatic ring is 1. The molecule has 3 rings (SSSR count). The topological polar surface area (TPSA) is 122 Å². The molecule has 0 radical (unpaired) electrons. The van der Waals surface area contributed by atoms with Crippen LogP contribution in [0, 0.1) is 5.41 Å². The number of nitrogens with zero attached hydrogens (tertiary/aromatic N) is 3. The summed E-state index contributed by atoms with van der Waals surface area (Å²) >= 11 is 0. The van der Waals surface area contributed by atoms with Gasteiger partial charge in [-0.2, -0.15) is 0 Å². The lowest BCUT2D eigenvalue weighted by Crippen LogP contribution is -2.54. The Kier molecular flexibility index (Phi) is 5.05. The second kappa shape index (κ2) is 7.15. The molecule has 0 unspecified atom stereocenters. The molecule has 0 aliphatic carbocycles. The van der Waals surface area contributed by atoms with Crippen LogP contribution in [0.3, 0.4) is 0 Å². The maximum atomic E-state index is 11.6. The highest BCUT2D eigenvalue weighted by molar-refractivity contribution is 7.91. The van der Waals surface area contributed by atoms with Crippen molar-refractivity contribution in [2.45, 2.75) is 25.2 Å². The molecule has 0 saturated carbocycles. The largest absolute Gasteiger partial charge is 0.491 e. The van der Waals surface area contributed by atoms with Crippen LogP contribution in [-0.4, -0.2) is 54.8 Å². The Morgan fingerprint density at radius 1 is 1.30 bits per heavy atom. The number of ether oxygens (including phenoxy) is 1. The molecule has 1 fully saturated rings. The molecule has 1 aromatic heterocycles. The minimum atomic E-state index is -3.05. The maximum Gasteiger partial charge on any atom is 0.153 e. The molecule has 8 nitrogen and oxygen atoms in total. The zero-order chi connectivity index (χ0) is 19.8. The minimum absolute atomic E-state index is 0.00974. The molecule has 0 amide bonds. The van der Waals surface area contributed by atoms with E-state index in [-0.39, 0.29) is 17.1 Å². The molecular formula is C18H23N5O3S. The highest BCUT2D eigenvalue weighted by atomic mass is 32.2. The van der Waals surface area contributed by atoms with Gasteiger partial charge in [0.2, 0.25) is 0 Å². The van der Waals surface area contributed by atoms with Crippen LogP contribution in [0.5, 0.6) is 5.75 Å². The number of hydrogen-bond donors (Lipinski definition) is 2. The van der Waals surface area contributed by atoms with Gasteiger partial charge in [-0.05, 0) is 32.0 Å². The van der Waals surface area contributed by atoms with Crippen LogP contribution in [0.15, 0.2) is 30.6 Å². The van der Waals surface area contributed by atoms with Gasteiger partial charge in [0.1, 0.15) is 17.9 Å². The van der Waals surface area contributed by atoms with Crippen molar-refractivity contribution in [1.82, 2.24) is 9.97 Å². The van der Waals surface area contributed by atoms with Gasteiger partial charge in [0.15, 0.2) is 9.84 Å². The number of nitrogens with two attached hydrogens (primary N) is 1. The molecule has 144 valence electrons. The molecule has 27 heavy (non-hydrogen) atoms. The molecule has 0 spiro atoms. The number of rotatable bonds is 6. The summed E-state index contributed by atoms with van der Waals surface area (Å²) in [5.41, 5.74) is 7.59. The predicted octanol–water partition coefficient (Wildman–Crippen LogP) is 1.50. The van der Waals surface area contributed by atoms with Crippen LogP contribution in [0.1, 0.15) is 25.1 Å². The number of hydrogen-bond acceptors (Lipinski definition) is 8. The summed E-state index contributed by atoms with van der Waals surface area (Å²) in [5.74, 6) is 1.23. The Bertz CT molecular complexity index is 969. The fraction of sp³-hybridized carbons (Fsp3) is 0.389. The second-order valence-electron chi connectivity index (χ2n) is 6.91. The fourth-order valence-electron chi connectivity index (χ4n) is 2.79. The Morgan fingerprint density at radius 2 is 2.00 bits per heavy atom. The standard InChI is InChI=1S/C18H23N5O3S/c1-11(2)26-12-4-5-15(19)14(6-12)18(20)16-7-17(22-10-21-16)23-8-13(9-23)27(3,24)25/h4-7,10-11,13,20H,8-9,19H2,1-3H3. The molecule has 9 heteroatoms. The van der Waals surface area contributed by atoms with Gasteiger partial charge < -0.3 is 15.4 Å². The summed E-state index contributed by atoms with van der Waals surface area (Å²) in [6.45, 7) is 4.63. The molecular weight excluding hydrogens is 366 g/mol. The number of nitrogens with one attached hydrogen (secondary N) is 1. The Morgan fingerprint density at radius 3 is 2.63 bits per heavy atom. The van der Waals surface area contributed by atoms with Crippen molar-refractivity contribution in [1.29, 1.82) is 5.41 Å². The first kappa shape index (κ1) is 19.1. The Labute approximate surface area is 158 Å². The highest BCUT2D eigenvalue weighted by Crippen LogP contribution is 2.26. The van der Waals surface area contributed by atoms with Crippen molar-refractivity contribution in [3.05, 3.63) is 41.9 Å². The minimum Gasteiger partial charge on any atom is -0.491 e. The van der Waals surface area contributed by atoms with E-state index < -0.39 is 9.84 Å². The maximum absolute atomic E-state index is 11.6. The molecule has 2 heterocycles. The molecule has 0 bridgehead atoms. The van der Waals surface area contributed by atoms with Crippen LogP contribution >= 0.6 is 0 Å². The molecule has 1 aliphatic rings. The zero-order valence-corrected chi connectivity index (χ0v) is 16.3. The van der Waals surface area contributed by atoms with Crippen LogP contribution in [0.2, 0.25) is 0 Å². The SMILES string of the molecule is CC(C)Oc1ccc(N)c(C(=N)c2cc(N3CC(S(C)(=O)=O)C3)ncn2)c1. The first-order valence-corrected chi connectivity index (χ1v) is 10.5. The predicted molar refractivity (Wildman–Crippen MR) is 105 cm³/mol. The summed E-state index contributed by atoms with van der Waals surface area (Å²) in [4.78, 5) is 10.2. The zero-order valence-electron chi connectivity index (χ0n) is 15.5. The normalized spacial score (nSPS) is 14.9. The number of benzene rings is 1. The van der Waals surface area contributed by atoms with Crippen LogP contribution in [0.25, 0.3) is 0 Å². The van der Waals surface area contributed by atoms with E-state index in [4.69, 9.17) is 15.9 Å². The van der Waals surface area contributed by atoms with Gasteiger partial charge in [0.25, 0.3) is 0 Å². The van der Waals surface area contributed by atoms with Crippen LogP contribution in [0.4, 0.5) is 11.5 Å². The molecule has 3 N–H and O–H groups in total. The summed E-state index contributed by atoms with van der Waals surface area (Å²) in [7, 11) is -3.05. The summed E-state index contributed by atoms with van der Waals surface area (Å²) in [6.07, 6.45) is 2.62. The molecule has 1 aromatic carbocycles. The number of anilines is 2. The highest BCUT2D eigenvalue weighted by Gasteiger charge is 2.35. The van der Waals surface area contributed by atoms with Gasteiger partial charge in [-0.25, -0.2) is 18.4 Å². The molecule has 2 aromatic rings. The van der Waals surface area contributed by atoms with Crippen molar-refractivity contribution in [2.24, 2.45) is 0 Å². The van der Waals surface area contributed by atoms with Gasteiger partial charge in [-0.15, -0.1) is 0 Å². The average Bonchev–Trinajstić information content (AvgIpc) is 2.53. The van der Waals surface area contributed by atoms with Gasteiger partial charge in [0.05, 0.1) is 22.8 Å². The van der Waals surface area contributed by atoms with E-state index in [0.29, 0.717) is 41.6 Å². The van der Waals surface area contributed by atoms with Gasteiger partial charge in [-0.1, -0.05) is 0 Å². The van der Waals surface area contributed by atoms with E-state index in [1.807, 2.05) is 18.7 Å². The van der Waals surface area contributed by atoms with Crippen molar-refractivity contribution < 1.29 is 13.2 Å². The van der Waals surface area contributed by atoms with E-state index >= 15 is 0 Å². The first-order chi connectivity index (χ1) is 12.6. The lowest BCUT2D eigenvalue weighted by Gasteiger charge is -2.38. The van der Waals surface area contributed by atoms with Gasteiger partial charge in [0, 0.05) is 36.7 Å². The smallest absolute Gasteiger partial charge is 0.153 e. The van der Waals surface area contributed by atoms with Gasteiger partial charge in [-0.3, -0.25) is 5.41 Å². The van der Waals surface area contributed by atoms with E-state index in [2.05, 4.69) is 9.97 Å². The molecule has 1 aliphatic heterocycles. The second-order valence-corrected chi connectivity index (χ2v) is 9.23. The lowest BCUT2D eigenvalue weighted by atomic mass is 10.0. The third-order valence-corrected chi connectivity index (χ3v) is 5.86. The summed E-state index contributed by atoms with van der Waals surface area (Å²) in [6, 6.07) is 6.87. The van der Waals surface area contributed by atoms with Crippen molar-refractivity contribution in [2.75, 3.05) is 30.0 Å². The fourth-order valence-corrected chi connectivity index (χ4v) is 3.69. The van der Waals surface area contributed by atoms with Crippen LogP contribution in [-0.2, 0) is 9.84 Å².